The lowest BCUT2D eigenvalue weighted by Gasteiger charge is -2.19. The quantitative estimate of drug-likeness (QED) is 0.199. The number of furan rings is 1. The molecule has 8 aromatic carbocycles. The largest absolute Gasteiger partial charge is 0.456 e. The Labute approximate surface area is 256 Å². The van der Waals surface area contributed by atoms with Gasteiger partial charge in [-0.2, -0.15) is 0 Å². The van der Waals surface area contributed by atoms with E-state index in [-0.39, 0.29) is 29.7 Å². The molecular formula is C42H26O. The van der Waals surface area contributed by atoms with Crippen molar-refractivity contribution in [1.82, 2.24) is 0 Å². The van der Waals surface area contributed by atoms with Gasteiger partial charge in [0.25, 0.3) is 0 Å². The van der Waals surface area contributed by atoms with E-state index in [9.17, 15) is 0 Å². The van der Waals surface area contributed by atoms with Crippen molar-refractivity contribution >= 4 is 54.3 Å². The molecule has 9 aromatic rings. The molecule has 200 valence electrons. The lowest BCUT2D eigenvalue weighted by molar-refractivity contribution is 0.669. The van der Waals surface area contributed by atoms with Gasteiger partial charge in [0.05, 0.1) is 6.85 Å². The van der Waals surface area contributed by atoms with E-state index in [1.54, 1.807) is 0 Å². The maximum atomic E-state index is 8.89. The molecule has 0 atom stereocenters. The highest BCUT2D eigenvalue weighted by Crippen LogP contribution is 2.46. The molecule has 0 N–H and O–H groups in total. The van der Waals surface area contributed by atoms with E-state index in [0.29, 0.717) is 5.56 Å². The van der Waals surface area contributed by atoms with Crippen molar-refractivity contribution in [3.63, 3.8) is 0 Å². The molecule has 0 bridgehead atoms. The van der Waals surface area contributed by atoms with E-state index in [2.05, 4.69) is 66.7 Å². The van der Waals surface area contributed by atoms with Crippen LogP contribution < -0.4 is 0 Å². The standard InChI is InChI=1S/C42H26O/c1-2-12-27(13-3-1)41-33-17-6-8-19-35(33)42(36-20-9-7-18-34(36)41)38-26-30(24-29-14-4-5-15-31(29)38)28-22-23-40-37(25-28)32-16-10-11-21-39(32)43-40/h1-26H/i1D,2D,3D,12D,13D. The van der Waals surface area contributed by atoms with Crippen molar-refractivity contribution in [2.45, 2.75) is 0 Å². The highest BCUT2D eigenvalue weighted by atomic mass is 16.3. The first-order valence-corrected chi connectivity index (χ1v) is 14.4. The molecule has 0 amide bonds. The minimum Gasteiger partial charge on any atom is -0.456 e. The van der Waals surface area contributed by atoms with Gasteiger partial charge < -0.3 is 4.42 Å². The SMILES string of the molecule is [2H]c1c([2H])c([2H])c(-c2c3ccccc3c(-c3cc(-c4ccc5oc6ccccc6c5c4)cc4ccccc34)c3ccccc23)c([2H])c1[2H]. The predicted octanol–water partition coefficient (Wildman–Crippen LogP) is 12.0. The van der Waals surface area contributed by atoms with Gasteiger partial charge in [-0.25, -0.2) is 0 Å². The summed E-state index contributed by atoms with van der Waals surface area (Å²) >= 11 is 0. The summed E-state index contributed by atoms with van der Waals surface area (Å²) in [5.74, 6) is 0. The maximum Gasteiger partial charge on any atom is 0.135 e. The van der Waals surface area contributed by atoms with Crippen LogP contribution in [-0.2, 0) is 0 Å². The summed E-state index contributed by atoms with van der Waals surface area (Å²) < 4.78 is 49.0. The molecule has 1 heteroatoms. The zero-order chi connectivity index (χ0) is 32.7. The van der Waals surface area contributed by atoms with Crippen molar-refractivity contribution in [3.05, 3.63) is 158 Å². The van der Waals surface area contributed by atoms with Gasteiger partial charge in [-0.3, -0.25) is 0 Å². The van der Waals surface area contributed by atoms with E-state index in [1.165, 1.54) is 0 Å². The molecule has 0 saturated heterocycles. The predicted molar refractivity (Wildman–Crippen MR) is 183 cm³/mol. The second kappa shape index (κ2) is 9.44. The van der Waals surface area contributed by atoms with Crippen molar-refractivity contribution < 1.29 is 11.3 Å². The van der Waals surface area contributed by atoms with Crippen LogP contribution >= 0.6 is 0 Å². The molecule has 0 unspecified atom stereocenters. The van der Waals surface area contributed by atoms with E-state index < -0.39 is 6.04 Å². The summed E-state index contributed by atoms with van der Waals surface area (Å²) in [7, 11) is 0. The van der Waals surface area contributed by atoms with Crippen LogP contribution in [0.4, 0.5) is 0 Å². The normalized spacial score (nSPS) is 13.3. The van der Waals surface area contributed by atoms with Gasteiger partial charge in [0, 0.05) is 10.8 Å². The second-order valence-electron chi connectivity index (χ2n) is 10.9. The molecule has 1 nitrogen and oxygen atoms in total. The molecule has 0 aliphatic rings. The fourth-order valence-corrected chi connectivity index (χ4v) is 6.65. The van der Waals surface area contributed by atoms with Crippen LogP contribution in [0.3, 0.4) is 0 Å². The van der Waals surface area contributed by atoms with Crippen LogP contribution in [0.15, 0.2) is 162 Å². The van der Waals surface area contributed by atoms with E-state index in [1.807, 2.05) is 60.7 Å². The summed E-state index contributed by atoms with van der Waals surface area (Å²) in [4.78, 5) is 0. The lowest BCUT2D eigenvalue weighted by Crippen LogP contribution is -1.92. The Hall–Kier alpha value is -5.66. The second-order valence-corrected chi connectivity index (χ2v) is 10.9. The molecule has 0 aliphatic heterocycles. The first kappa shape index (κ1) is 19.5. The zero-order valence-corrected chi connectivity index (χ0v) is 23.0. The highest BCUT2D eigenvalue weighted by Gasteiger charge is 2.19. The Morgan fingerprint density at radius 2 is 0.977 bits per heavy atom. The van der Waals surface area contributed by atoms with Crippen molar-refractivity contribution in [3.8, 4) is 33.4 Å². The minimum atomic E-state index is -0.399. The number of rotatable bonds is 3. The van der Waals surface area contributed by atoms with Crippen molar-refractivity contribution in [2.24, 2.45) is 0 Å². The minimum absolute atomic E-state index is 0.208. The van der Waals surface area contributed by atoms with Crippen LogP contribution in [0.1, 0.15) is 6.85 Å². The van der Waals surface area contributed by atoms with Crippen molar-refractivity contribution in [1.29, 1.82) is 0 Å². The maximum absolute atomic E-state index is 8.89. The Bertz CT molecular complexity index is 2710. The van der Waals surface area contributed by atoms with E-state index in [0.717, 1.165) is 76.5 Å². The van der Waals surface area contributed by atoms with Crippen LogP contribution in [0.25, 0.3) is 87.6 Å². The molecular weight excluding hydrogens is 520 g/mol. The summed E-state index contributed by atoms with van der Waals surface area (Å²) in [5, 5.41) is 7.88. The van der Waals surface area contributed by atoms with Crippen LogP contribution in [0.2, 0.25) is 0 Å². The average Bonchev–Trinajstić information content (AvgIpc) is 3.50. The van der Waals surface area contributed by atoms with E-state index in [4.69, 9.17) is 11.3 Å². The Morgan fingerprint density at radius 1 is 0.395 bits per heavy atom. The average molecular weight is 552 g/mol. The smallest absolute Gasteiger partial charge is 0.135 e. The third kappa shape index (κ3) is 3.72. The van der Waals surface area contributed by atoms with Crippen molar-refractivity contribution in [2.75, 3.05) is 0 Å². The molecule has 9 rings (SSSR count). The van der Waals surface area contributed by atoms with Gasteiger partial charge >= 0.3 is 0 Å². The molecule has 43 heavy (non-hydrogen) atoms. The third-order valence-electron chi connectivity index (χ3n) is 8.52. The summed E-state index contributed by atoms with van der Waals surface area (Å²) in [5.41, 5.74) is 6.79. The molecule has 0 spiro atoms. The number of fused-ring (bicyclic) bond motifs is 6. The first-order chi connectivity index (χ1) is 23.4. The Morgan fingerprint density at radius 3 is 1.70 bits per heavy atom. The summed E-state index contributed by atoms with van der Waals surface area (Å²) in [6.07, 6.45) is 0. The summed E-state index contributed by atoms with van der Waals surface area (Å²) in [6.45, 7) is 0. The van der Waals surface area contributed by atoms with Crippen LogP contribution in [0, 0.1) is 0 Å². The summed E-state index contributed by atoms with van der Waals surface area (Å²) in [6, 6.07) is 41.8. The highest BCUT2D eigenvalue weighted by molar-refractivity contribution is 6.24. The first-order valence-electron chi connectivity index (χ1n) is 16.9. The Balaban J connectivity index is 1.39. The van der Waals surface area contributed by atoms with Crippen LogP contribution in [-0.4, -0.2) is 0 Å². The number of para-hydroxylation sites is 1. The molecule has 0 radical (unpaired) electrons. The van der Waals surface area contributed by atoms with Gasteiger partial charge in [0.2, 0.25) is 0 Å². The fraction of sp³-hybridized carbons (Fsp3) is 0. The molecule has 0 fully saturated rings. The molecule has 1 aromatic heterocycles. The lowest BCUT2D eigenvalue weighted by atomic mass is 9.84. The Kier molecular flexibility index (Phi) is 4.27. The van der Waals surface area contributed by atoms with Gasteiger partial charge in [0.1, 0.15) is 11.2 Å². The number of hydrogen-bond acceptors (Lipinski definition) is 1. The van der Waals surface area contributed by atoms with Gasteiger partial charge in [-0.15, -0.1) is 0 Å². The topological polar surface area (TPSA) is 13.1 Å². The number of hydrogen-bond donors (Lipinski definition) is 0. The molecule has 0 saturated carbocycles. The monoisotopic (exact) mass is 551 g/mol. The number of benzene rings is 8. The van der Waals surface area contributed by atoms with E-state index >= 15 is 0 Å². The molecule has 1 heterocycles. The van der Waals surface area contributed by atoms with Gasteiger partial charge in [-0.05, 0) is 96.0 Å². The third-order valence-corrected chi connectivity index (χ3v) is 8.52. The fourth-order valence-electron chi connectivity index (χ4n) is 6.65. The molecule has 0 aliphatic carbocycles. The van der Waals surface area contributed by atoms with Crippen LogP contribution in [0.5, 0.6) is 0 Å². The van der Waals surface area contributed by atoms with Gasteiger partial charge in [0.15, 0.2) is 0 Å². The zero-order valence-electron chi connectivity index (χ0n) is 28.0. The van der Waals surface area contributed by atoms with Gasteiger partial charge in [-0.1, -0.05) is 127 Å².